The summed E-state index contributed by atoms with van der Waals surface area (Å²) in [7, 11) is 3.79. The van der Waals surface area contributed by atoms with Gasteiger partial charge in [0.1, 0.15) is 78.3 Å². The first-order chi connectivity index (χ1) is 64.8. The number of phenols is 1. The number of thioether (sulfide) groups is 1. The van der Waals surface area contributed by atoms with Gasteiger partial charge in [-0.3, -0.25) is 92.2 Å². The molecular formula is C90H125N23O21S2. The molecule has 0 saturated carbocycles. The predicted molar refractivity (Wildman–Crippen MR) is 500 cm³/mol. The van der Waals surface area contributed by atoms with Crippen LogP contribution in [0.2, 0.25) is 0 Å². The van der Waals surface area contributed by atoms with Crippen molar-refractivity contribution in [1.82, 2.24) is 97.9 Å². The van der Waals surface area contributed by atoms with Crippen molar-refractivity contribution in [2.75, 3.05) is 78.6 Å². The molecule has 3 aromatic carbocycles. The number of rotatable bonds is 27. The van der Waals surface area contributed by atoms with Gasteiger partial charge in [0, 0.05) is 113 Å². The minimum absolute atomic E-state index is 0.00276. The number of nitrogens with one attached hydrogen (secondary N) is 14. The van der Waals surface area contributed by atoms with Crippen molar-refractivity contribution in [3.8, 4) is 5.75 Å². The van der Waals surface area contributed by atoms with E-state index in [1.54, 1.807) is 74.8 Å². The summed E-state index contributed by atoms with van der Waals surface area (Å²) in [6.07, 6.45) is 0.920. The second-order valence-corrected chi connectivity index (χ2v) is 36.4. The van der Waals surface area contributed by atoms with Crippen LogP contribution < -0.4 is 75.7 Å². The van der Waals surface area contributed by atoms with Gasteiger partial charge in [0.05, 0.1) is 50.4 Å². The molecule has 6 heterocycles. The Morgan fingerprint density at radius 1 is 0.654 bits per heavy atom. The summed E-state index contributed by atoms with van der Waals surface area (Å²) in [5, 5.41) is 73.5. The number of unbranched alkanes of at least 4 members (excludes halogenated alkanes) is 1. The maximum atomic E-state index is 15.8. The number of primary amides is 2. The number of hydrogen-bond acceptors (Lipinski definition) is 26. The quantitative estimate of drug-likeness (QED) is 0.0104. The number of hydrogen-bond donors (Lipinski definition) is 20. The van der Waals surface area contributed by atoms with Crippen LogP contribution in [-0.4, -0.2) is 330 Å². The van der Waals surface area contributed by atoms with Crippen LogP contribution in [0.1, 0.15) is 121 Å². The molecule has 0 radical (unpaired) electrons. The van der Waals surface area contributed by atoms with Gasteiger partial charge in [-0.15, -0.1) is 23.1 Å². The van der Waals surface area contributed by atoms with E-state index in [1.807, 2.05) is 13.0 Å². The number of aromatic amines is 2. The number of aldehydes is 1. The van der Waals surface area contributed by atoms with E-state index < -0.39 is 247 Å². The number of ether oxygens (including phenoxy) is 1. The van der Waals surface area contributed by atoms with E-state index in [1.165, 1.54) is 76.2 Å². The van der Waals surface area contributed by atoms with Crippen molar-refractivity contribution < 1.29 is 102 Å². The van der Waals surface area contributed by atoms with E-state index in [0.717, 1.165) is 41.0 Å². The van der Waals surface area contributed by atoms with Gasteiger partial charge >= 0.3 is 0 Å². The highest BCUT2D eigenvalue weighted by Gasteiger charge is 2.53. The summed E-state index contributed by atoms with van der Waals surface area (Å²) < 4.78 is 6.64. The van der Waals surface area contributed by atoms with Crippen molar-refractivity contribution in [3.05, 3.63) is 119 Å². The van der Waals surface area contributed by atoms with Crippen molar-refractivity contribution >= 4 is 151 Å². The highest BCUT2D eigenvalue weighted by molar-refractivity contribution is 8.00. The number of aliphatic hydroxyl groups is 2. The number of aliphatic hydroxyl groups excluding tert-OH is 2. The van der Waals surface area contributed by atoms with Gasteiger partial charge < -0.3 is 125 Å². The Bertz CT molecular complexity index is 5250. The Balaban J connectivity index is 1.12. The zero-order valence-corrected chi connectivity index (χ0v) is 78.8. The summed E-state index contributed by atoms with van der Waals surface area (Å²) in [6, 6.07) is -1.25. The Kier molecular flexibility index (Phi) is 39.5. The lowest BCUT2D eigenvalue weighted by Gasteiger charge is -2.39. The van der Waals surface area contributed by atoms with Gasteiger partial charge in [0.25, 0.3) is 0 Å². The normalized spacial score (nSPS) is 25.1. The highest BCUT2D eigenvalue weighted by atomic mass is 32.2. The average Bonchev–Trinajstić information content (AvgIpc) is 1.61. The summed E-state index contributed by atoms with van der Waals surface area (Å²) in [5.74, 6) is -17.7. The minimum Gasteiger partial charge on any atom is -0.508 e. The fourth-order valence-electron chi connectivity index (χ4n) is 16.6. The maximum Gasteiger partial charge on any atom is 0.247 e. The Morgan fingerprint density at radius 2 is 1.29 bits per heavy atom. The molecule has 9 rings (SSSR count). The van der Waals surface area contributed by atoms with Gasteiger partial charge in [-0.05, 0) is 116 Å². The summed E-state index contributed by atoms with van der Waals surface area (Å²) in [5.41, 5.74) is 16.8. The molecule has 0 bridgehead atoms. The highest BCUT2D eigenvalue weighted by Crippen LogP contribution is 2.32. The Hall–Kier alpha value is -13.2. The fraction of sp³-hybridized carbons (Fsp3) is 0.522. The largest absolute Gasteiger partial charge is 0.508 e. The van der Waals surface area contributed by atoms with Crippen LogP contribution in [0.25, 0.3) is 21.0 Å². The zero-order valence-electron chi connectivity index (χ0n) is 77.2. The molecule has 3 aliphatic rings. The number of benzene rings is 3. The molecule has 23 N–H and O–H groups in total. The number of aromatic hydroxyl groups is 1. The fourth-order valence-corrected chi connectivity index (χ4v) is 18.4. The third-order valence-electron chi connectivity index (χ3n) is 24.0. The lowest BCUT2D eigenvalue weighted by molar-refractivity contribution is -0.150. The number of imidazole rings is 1. The van der Waals surface area contributed by atoms with Gasteiger partial charge in [-0.2, -0.15) is 0 Å². The van der Waals surface area contributed by atoms with Crippen LogP contribution in [0.4, 0.5) is 0 Å². The van der Waals surface area contributed by atoms with Gasteiger partial charge in [0.2, 0.25) is 94.5 Å². The van der Waals surface area contributed by atoms with Crippen LogP contribution in [0.5, 0.6) is 5.75 Å². The molecule has 738 valence electrons. The van der Waals surface area contributed by atoms with E-state index in [9.17, 15) is 63.3 Å². The third-order valence-corrected chi connectivity index (χ3v) is 26.0. The molecule has 16 amide bonds. The third kappa shape index (κ3) is 28.9. The summed E-state index contributed by atoms with van der Waals surface area (Å²) >= 11 is 2.08. The number of H-pyrrole nitrogens is 2. The SMILES string of the molecule is CCCC[C@H]1C(=O)N(C)[C@@H](COCC)C(=O)N[C@@H](CCCNC(=N)N)C(=O)NC(C(=O)NCC(N)=O)CSCC(=O)N[C@@H](Cc2ccc(O)cc2)C(=O)N(C)[C@@H](C)C(=O)N[C@@H](CC(N)=O)C(=O)N2CCC[C@H]2C(=O)N[C@@H](Cc2cnc[nH]2)C(=O)N[C@@H](CC(C)C)C(=O)N2C[C@H](O)CC2(C=O)N[C@@H](Cc2c[nH]c3ccccc23)C(=O)N[C@@H](CO)C(=O)N[C@@H](Cc2csc3ccccc23)C(=O)N1C. The molecule has 136 heavy (non-hydrogen) atoms. The van der Waals surface area contributed by atoms with E-state index in [-0.39, 0.29) is 89.7 Å². The lowest BCUT2D eigenvalue weighted by Crippen LogP contribution is -2.67. The topological polar surface area (TPSA) is 655 Å². The molecule has 3 aliphatic heterocycles. The molecule has 6 aromatic rings. The molecule has 2 unspecified atom stereocenters. The minimum atomic E-state index is -2.32. The van der Waals surface area contributed by atoms with Crippen LogP contribution in [0.15, 0.2) is 96.9 Å². The zero-order chi connectivity index (χ0) is 99.4. The van der Waals surface area contributed by atoms with Crippen LogP contribution in [0.3, 0.4) is 0 Å². The van der Waals surface area contributed by atoms with Crippen molar-refractivity contribution in [3.63, 3.8) is 0 Å². The first kappa shape index (κ1) is 107. The summed E-state index contributed by atoms with van der Waals surface area (Å²) in [4.78, 5) is 266. The summed E-state index contributed by atoms with van der Waals surface area (Å²) in [6.45, 7) is 5.00. The molecule has 46 heteroatoms. The molecule has 0 aliphatic carbocycles. The number of para-hydroxylation sites is 1. The second-order valence-electron chi connectivity index (χ2n) is 34.5. The number of fused-ring (bicyclic) bond motifs is 4. The van der Waals surface area contributed by atoms with Crippen LogP contribution in [0, 0.1) is 11.3 Å². The van der Waals surface area contributed by atoms with Crippen molar-refractivity contribution in [2.24, 2.45) is 23.1 Å². The second kappa shape index (κ2) is 50.4. The number of nitrogens with two attached hydrogens (primary N) is 3. The number of phenolic OH excluding ortho intramolecular Hbond substituents is 1. The maximum absolute atomic E-state index is 15.8. The lowest BCUT2D eigenvalue weighted by atomic mass is 9.98. The van der Waals surface area contributed by atoms with Gasteiger partial charge in [-0.25, -0.2) is 4.98 Å². The Morgan fingerprint density at radius 3 is 1.96 bits per heavy atom. The number of likely N-dealkylation sites (N-methyl/N-ethyl adjacent to an activating group) is 3. The van der Waals surface area contributed by atoms with E-state index in [4.69, 9.17) is 27.3 Å². The van der Waals surface area contributed by atoms with Gasteiger partial charge in [0.15, 0.2) is 17.9 Å². The van der Waals surface area contributed by atoms with Crippen LogP contribution >= 0.6 is 23.1 Å². The van der Waals surface area contributed by atoms with E-state index in [0.29, 0.717) is 57.8 Å². The number of guanidine groups is 1. The average molecular weight is 1930 g/mol. The number of carbonyl (C=O) groups is 17. The molecule has 3 saturated heterocycles. The predicted octanol–water partition coefficient (Wildman–Crippen LogP) is -3.35. The Labute approximate surface area is 793 Å². The van der Waals surface area contributed by atoms with Gasteiger partial charge in [-0.1, -0.05) is 82.1 Å². The van der Waals surface area contributed by atoms with Crippen molar-refractivity contribution in [2.45, 2.75) is 215 Å². The number of amides is 16. The number of carbonyl (C=O) groups excluding carboxylic acids is 17. The number of thiophene rings is 1. The van der Waals surface area contributed by atoms with Crippen LogP contribution in [-0.2, 0) is 112 Å². The monoisotopic (exact) mass is 1930 g/mol. The van der Waals surface area contributed by atoms with E-state index in [2.05, 4.69) is 73.4 Å². The molecule has 0 spiro atoms. The standard InChI is InChI=1S/C90H125N23O21S2/c1-9-11-22-70-88(133)111(8)71(43-134-10-2)83(128)101-60(21-16-29-96-89(93)94)78(123)107-68(77(122)98-40-74(92)119)45-135-46-75(120)100-64(32-51-25-27-55(116)28-26-51)84(129)109(6)50(5)76(121)103-66(36-73(91)118)86(131)112-30-17-23-69(112)82(127)102-61(35-54-39-95-48-99-54)79(124)104-63(31-49(3)4)87(132)113-41-56(117)37-90(113,47-115)108-62(33-52-38-97-59-20-14-12-18-57(52)59)80(125)106-67(42-114)81(126)105-65(85(130)110(70)7)34-53-44-136-72-24-15-13-19-58(53)72/h12-15,18-20,24-28,38-39,44,47-50,56,60-71,97,108,114,116-117H,9-11,16-17,21-23,29-37,40-43,45-46H2,1-8H3,(H2,91,118)(H2,92,119)(H,95,99)(H,98,122)(H,100,120)(H,101,128)(H,102,127)(H,103,121)(H,104,124)(H,105,126)(H,106,125)(H,107,123)(H4,93,94,96)/t50-,56+,60-,61-,62-,63-,64-,65-,66-,67-,68?,69-,70-,71-,90?/m0/s1. The molecular weight excluding hydrogens is 1800 g/mol. The van der Waals surface area contributed by atoms with Crippen molar-refractivity contribution in [1.29, 1.82) is 5.41 Å². The molecule has 44 nitrogen and oxygen atoms in total. The first-order valence-electron chi connectivity index (χ1n) is 45.0. The number of nitrogens with zero attached hydrogens (tertiary/aromatic N) is 6. The number of aromatic nitrogens is 3. The van der Waals surface area contributed by atoms with E-state index >= 15 is 33.6 Å². The first-order valence-corrected chi connectivity index (χ1v) is 47.0. The molecule has 15 atom stereocenters. The smallest absolute Gasteiger partial charge is 0.247 e. The molecule has 3 fully saturated rings. The molecule has 3 aromatic heterocycles.